The van der Waals surface area contributed by atoms with Crippen LogP contribution >= 0.6 is 0 Å². The van der Waals surface area contributed by atoms with Gasteiger partial charge in [-0.15, -0.1) is 0 Å². The van der Waals surface area contributed by atoms with E-state index in [9.17, 15) is 9.59 Å². The summed E-state index contributed by atoms with van der Waals surface area (Å²) in [7, 11) is 0. The fraction of sp³-hybridized carbons (Fsp3) is 0.333. The molecule has 0 fully saturated rings. The molecule has 0 aliphatic heterocycles. The van der Waals surface area contributed by atoms with Crippen LogP contribution in [0.1, 0.15) is 48.6 Å². The maximum atomic E-state index is 13.7. The lowest BCUT2D eigenvalue weighted by Crippen LogP contribution is -2.54. The molecule has 3 aromatic carbocycles. The number of rotatable bonds is 8. The highest BCUT2D eigenvalue weighted by molar-refractivity contribution is 5.89. The number of amides is 2. The molecule has 0 aliphatic rings. The molecule has 3 rings (SSSR count). The second-order valence-electron chi connectivity index (χ2n) is 10.1. The summed E-state index contributed by atoms with van der Waals surface area (Å²) in [5.74, 6) is -0.199. The molecule has 34 heavy (non-hydrogen) atoms. The van der Waals surface area contributed by atoms with E-state index in [-0.39, 0.29) is 18.2 Å². The lowest BCUT2D eigenvalue weighted by Gasteiger charge is -2.34. The van der Waals surface area contributed by atoms with Crippen molar-refractivity contribution in [1.82, 2.24) is 10.2 Å². The number of carbonyl (C=O) groups excluding carboxylic acids is 2. The average Bonchev–Trinajstić information content (AvgIpc) is 2.78. The first-order chi connectivity index (χ1) is 16.1. The van der Waals surface area contributed by atoms with Gasteiger partial charge in [-0.25, -0.2) is 0 Å². The van der Waals surface area contributed by atoms with Crippen molar-refractivity contribution in [3.8, 4) is 0 Å². The lowest BCUT2D eigenvalue weighted by atomic mass is 9.99. The largest absolute Gasteiger partial charge is 0.350 e. The number of nitrogens with zero attached hydrogens (tertiary/aromatic N) is 1. The molecule has 0 aliphatic carbocycles. The SMILES string of the molecule is Cc1ccc(CC(=O)N(Cc2ccc(C)cc2)[C@H](Cc2ccccc2)C(=O)NC(C)(C)C)cc1. The van der Waals surface area contributed by atoms with Gasteiger partial charge in [0.25, 0.3) is 0 Å². The highest BCUT2D eigenvalue weighted by Crippen LogP contribution is 2.18. The van der Waals surface area contributed by atoms with Gasteiger partial charge in [0.15, 0.2) is 0 Å². The third-order valence-electron chi connectivity index (χ3n) is 5.72. The number of hydrogen-bond acceptors (Lipinski definition) is 2. The van der Waals surface area contributed by atoms with Crippen LogP contribution in [0.5, 0.6) is 0 Å². The Morgan fingerprint density at radius 3 is 1.82 bits per heavy atom. The van der Waals surface area contributed by atoms with Gasteiger partial charge in [0, 0.05) is 18.5 Å². The van der Waals surface area contributed by atoms with E-state index in [4.69, 9.17) is 0 Å². The predicted molar refractivity (Wildman–Crippen MR) is 138 cm³/mol. The monoisotopic (exact) mass is 456 g/mol. The minimum Gasteiger partial charge on any atom is -0.350 e. The van der Waals surface area contributed by atoms with Crippen LogP contribution in [0.4, 0.5) is 0 Å². The fourth-order valence-electron chi connectivity index (χ4n) is 3.88. The van der Waals surface area contributed by atoms with Gasteiger partial charge in [0.05, 0.1) is 6.42 Å². The molecule has 0 radical (unpaired) electrons. The summed E-state index contributed by atoms with van der Waals surface area (Å²) in [6.07, 6.45) is 0.703. The molecule has 2 amide bonds. The smallest absolute Gasteiger partial charge is 0.243 e. The fourth-order valence-corrected chi connectivity index (χ4v) is 3.88. The number of aryl methyl sites for hydroxylation is 2. The van der Waals surface area contributed by atoms with Crippen molar-refractivity contribution < 1.29 is 9.59 Å². The summed E-state index contributed by atoms with van der Waals surface area (Å²) in [6, 6.07) is 25.4. The van der Waals surface area contributed by atoms with Crippen LogP contribution in [-0.4, -0.2) is 28.3 Å². The maximum Gasteiger partial charge on any atom is 0.243 e. The number of carbonyl (C=O) groups is 2. The third-order valence-corrected chi connectivity index (χ3v) is 5.72. The summed E-state index contributed by atoms with van der Waals surface area (Å²) in [6.45, 7) is 10.3. The zero-order valence-corrected chi connectivity index (χ0v) is 21.0. The molecule has 4 heteroatoms. The van der Waals surface area contributed by atoms with E-state index >= 15 is 0 Å². The van der Waals surface area contributed by atoms with Crippen molar-refractivity contribution in [2.45, 2.75) is 65.6 Å². The van der Waals surface area contributed by atoms with Crippen LogP contribution < -0.4 is 5.32 Å². The summed E-state index contributed by atoms with van der Waals surface area (Å²) in [4.78, 5) is 29.0. The Morgan fingerprint density at radius 2 is 1.29 bits per heavy atom. The Balaban J connectivity index is 1.97. The molecule has 4 nitrogen and oxygen atoms in total. The van der Waals surface area contributed by atoms with Gasteiger partial charge < -0.3 is 10.2 Å². The molecule has 0 saturated carbocycles. The van der Waals surface area contributed by atoms with E-state index in [1.54, 1.807) is 4.90 Å². The van der Waals surface area contributed by atoms with Crippen LogP contribution in [-0.2, 0) is 29.0 Å². The van der Waals surface area contributed by atoms with Gasteiger partial charge >= 0.3 is 0 Å². The van der Waals surface area contributed by atoms with Crippen molar-refractivity contribution in [1.29, 1.82) is 0 Å². The molecule has 0 unspecified atom stereocenters. The standard InChI is InChI=1S/C30H36N2O2/c1-22-11-15-25(16-12-22)20-28(33)32(21-26-17-13-23(2)14-18-26)27(29(34)31-30(3,4)5)19-24-9-7-6-8-10-24/h6-18,27H,19-21H2,1-5H3,(H,31,34)/t27-/m1/s1. The topological polar surface area (TPSA) is 49.4 Å². The molecule has 0 heterocycles. The number of nitrogens with one attached hydrogen (secondary N) is 1. The van der Waals surface area contributed by atoms with Gasteiger partial charge in [0.1, 0.15) is 6.04 Å². The molecule has 178 valence electrons. The van der Waals surface area contributed by atoms with Gasteiger partial charge in [0.2, 0.25) is 11.8 Å². The Kier molecular flexibility index (Phi) is 8.27. The molecule has 0 aromatic heterocycles. The van der Waals surface area contributed by atoms with Crippen LogP contribution in [0.3, 0.4) is 0 Å². The van der Waals surface area contributed by atoms with E-state index in [1.165, 1.54) is 0 Å². The molecule has 1 atom stereocenters. The van der Waals surface area contributed by atoms with Crippen LogP contribution in [0.2, 0.25) is 0 Å². The van der Waals surface area contributed by atoms with E-state index in [2.05, 4.69) is 5.32 Å². The van der Waals surface area contributed by atoms with Crippen LogP contribution in [0.15, 0.2) is 78.9 Å². The summed E-state index contributed by atoms with van der Waals surface area (Å²) >= 11 is 0. The van der Waals surface area contributed by atoms with Crippen LogP contribution in [0, 0.1) is 13.8 Å². The summed E-state index contributed by atoms with van der Waals surface area (Å²) in [5.41, 5.74) is 4.88. The van der Waals surface area contributed by atoms with E-state index in [1.807, 2.05) is 113 Å². The van der Waals surface area contributed by atoms with Gasteiger partial charge in [-0.3, -0.25) is 9.59 Å². The second-order valence-corrected chi connectivity index (χ2v) is 10.1. The Labute approximate surface area is 204 Å². The van der Waals surface area contributed by atoms with Crippen LogP contribution in [0.25, 0.3) is 0 Å². The second kappa shape index (κ2) is 11.1. The van der Waals surface area contributed by atoms with E-state index < -0.39 is 11.6 Å². The van der Waals surface area contributed by atoms with Crippen molar-refractivity contribution >= 4 is 11.8 Å². The Morgan fingerprint density at radius 1 is 0.765 bits per heavy atom. The number of benzene rings is 3. The molecular weight excluding hydrogens is 420 g/mol. The molecule has 3 aromatic rings. The van der Waals surface area contributed by atoms with Gasteiger partial charge in [-0.05, 0) is 51.3 Å². The molecule has 0 bridgehead atoms. The van der Waals surface area contributed by atoms with Crippen molar-refractivity contribution in [2.24, 2.45) is 0 Å². The highest BCUT2D eigenvalue weighted by Gasteiger charge is 2.32. The predicted octanol–water partition coefficient (Wildman–Crippen LogP) is 5.40. The van der Waals surface area contributed by atoms with Crippen molar-refractivity contribution in [3.63, 3.8) is 0 Å². The molecule has 1 N–H and O–H groups in total. The minimum atomic E-state index is -0.624. The minimum absolute atomic E-state index is 0.0607. The lowest BCUT2D eigenvalue weighted by molar-refractivity contribution is -0.141. The first-order valence-corrected chi connectivity index (χ1v) is 11.9. The van der Waals surface area contributed by atoms with E-state index in [0.29, 0.717) is 13.0 Å². The van der Waals surface area contributed by atoms with Crippen molar-refractivity contribution in [3.05, 3.63) is 107 Å². The first kappa shape index (κ1) is 25.2. The van der Waals surface area contributed by atoms with Gasteiger partial charge in [-0.1, -0.05) is 90.0 Å². The molecule has 0 spiro atoms. The van der Waals surface area contributed by atoms with Gasteiger partial charge in [-0.2, -0.15) is 0 Å². The zero-order valence-electron chi connectivity index (χ0n) is 21.0. The van der Waals surface area contributed by atoms with Crippen molar-refractivity contribution in [2.75, 3.05) is 0 Å². The third kappa shape index (κ3) is 7.58. The molecule has 0 saturated heterocycles. The average molecular weight is 457 g/mol. The highest BCUT2D eigenvalue weighted by atomic mass is 16.2. The first-order valence-electron chi connectivity index (χ1n) is 11.9. The summed E-state index contributed by atoms with van der Waals surface area (Å²) in [5, 5.41) is 3.11. The molecular formula is C30H36N2O2. The normalized spacial score (nSPS) is 12.1. The zero-order chi connectivity index (χ0) is 24.7. The summed E-state index contributed by atoms with van der Waals surface area (Å²) < 4.78 is 0. The number of hydrogen-bond donors (Lipinski definition) is 1. The Hall–Kier alpha value is -3.40. The maximum absolute atomic E-state index is 13.7. The Bertz CT molecular complexity index is 1080. The van der Waals surface area contributed by atoms with E-state index in [0.717, 1.165) is 27.8 Å². The quantitative estimate of drug-likeness (QED) is 0.493.